The van der Waals surface area contributed by atoms with Crippen LogP contribution in [0.4, 0.5) is 8.78 Å². The second kappa shape index (κ2) is 2.94. The van der Waals surface area contributed by atoms with Gasteiger partial charge in [-0.2, -0.15) is 4.39 Å². The third-order valence-electron chi connectivity index (χ3n) is 2.01. The molecule has 5 heteroatoms. The summed E-state index contributed by atoms with van der Waals surface area (Å²) in [5.41, 5.74) is 0.0140. The fraction of sp³-hybridized carbons (Fsp3) is 0.222. The normalized spacial score (nSPS) is 14.9. The molecular formula is C9H6F2O3. The monoisotopic (exact) mass is 200 g/mol. The highest BCUT2D eigenvalue weighted by molar-refractivity contribution is 5.85. The van der Waals surface area contributed by atoms with Crippen LogP contribution < -0.4 is 4.74 Å². The first-order chi connectivity index (χ1) is 6.59. The molecule has 1 N–H and O–H groups in total. The molecule has 1 aromatic carbocycles. The molecular weight excluding hydrogens is 194 g/mol. The number of ether oxygens (including phenoxy) is 1. The zero-order chi connectivity index (χ0) is 10.3. The van der Waals surface area contributed by atoms with E-state index in [2.05, 4.69) is 0 Å². The Morgan fingerprint density at radius 2 is 2.14 bits per heavy atom. The van der Waals surface area contributed by atoms with Crippen LogP contribution in [-0.2, 0) is 11.2 Å². The van der Waals surface area contributed by atoms with E-state index in [1.54, 1.807) is 0 Å². The SMILES string of the molecule is O=C1COc2c(F)c(F)cc(O)c2C1. The van der Waals surface area contributed by atoms with E-state index in [-0.39, 0.29) is 30.1 Å². The van der Waals surface area contributed by atoms with Gasteiger partial charge in [0.15, 0.2) is 17.3 Å². The molecule has 0 radical (unpaired) electrons. The van der Waals surface area contributed by atoms with Crippen LogP contribution in [-0.4, -0.2) is 17.5 Å². The summed E-state index contributed by atoms with van der Waals surface area (Å²) in [5, 5.41) is 9.24. The molecule has 0 atom stereocenters. The quantitative estimate of drug-likeness (QED) is 0.683. The summed E-state index contributed by atoms with van der Waals surface area (Å²) >= 11 is 0. The topological polar surface area (TPSA) is 46.5 Å². The van der Waals surface area contributed by atoms with E-state index in [1.807, 2.05) is 0 Å². The van der Waals surface area contributed by atoms with Crippen LogP contribution in [0, 0.1) is 11.6 Å². The number of phenolic OH excluding ortho intramolecular Hbond substituents is 1. The highest BCUT2D eigenvalue weighted by Gasteiger charge is 2.26. The van der Waals surface area contributed by atoms with Crippen LogP contribution in [0.15, 0.2) is 6.07 Å². The molecule has 14 heavy (non-hydrogen) atoms. The number of rotatable bonds is 0. The summed E-state index contributed by atoms with van der Waals surface area (Å²) in [6, 6.07) is 0.635. The Labute approximate surface area is 77.9 Å². The molecule has 0 aliphatic carbocycles. The molecule has 1 heterocycles. The molecule has 1 aliphatic rings. The highest BCUT2D eigenvalue weighted by Crippen LogP contribution is 2.35. The molecule has 0 amide bonds. The molecule has 0 saturated carbocycles. The van der Waals surface area contributed by atoms with Crippen molar-refractivity contribution in [2.24, 2.45) is 0 Å². The van der Waals surface area contributed by atoms with Gasteiger partial charge in [-0.3, -0.25) is 4.79 Å². The van der Waals surface area contributed by atoms with Gasteiger partial charge in [-0.05, 0) is 0 Å². The molecule has 3 nitrogen and oxygen atoms in total. The molecule has 1 aliphatic heterocycles. The molecule has 0 spiro atoms. The average molecular weight is 200 g/mol. The third kappa shape index (κ3) is 1.21. The van der Waals surface area contributed by atoms with E-state index in [1.165, 1.54) is 0 Å². The Hall–Kier alpha value is -1.65. The van der Waals surface area contributed by atoms with Crippen molar-refractivity contribution < 1.29 is 23.4 Å². The van der Waals surface area contributed by atoms with Crippen LogP contribution in [0.1, 0.15) is 5.56 Å². The number of Topliss-reactive ketones (excluding diaryl/α,β-unsaturated/α-hetero) is 1. The number of carbonyl (C=O) groups excluding carboxylic acids is 1. The zero-order valence-electron chi connectivity index (χ0n) is 7.01. The van der Waals surface area contributed by atoms with Crippen molar-refractivity contribution in [2.75, 3.05) is 6.61 Å². The lowest BCUT2D eigenvalue weighted by Crippen LogP contribution is -2.21. The van der Waals surface area contributed by atoms with Crippen molar-refractivity contribution in [1.82, 2.24) is 0 Å². The molecule has 0 aromatic heterocycles. The number of ketones is 1. The number of phenols is 1. The lowest BCUT2D eigenvalue weighted by molar-refractivity contribution is -0.121. The second-order valence-electron chi connectivity index (χ2n) is 3.00. The van der Waals surface area contributed by atoms with Gasteiger partial charge in [0.1, 0.15) is 12.4 Å². The Balaban J connectivity index is 2.62. The van der Waals surface area contributed by atoms with Crippen LogP contribution in [0.3, 0.4) is 0 Å². The smallest absolute Gasteiger partial charge is 0.201 e. The number of halogens is 2. The van der Waals surface area contributed by atoms with E-state index >= 15 is 0 Å². The Bertz CT molecular complexity index is 415. The van der Waals surface area contributed by atoms with E-state index in [0.29, 0.717) is 6.07 Å². The minimum absolute atomic E-state index is 0.0140. The van der Waals surface area contributed by atoms with Gasteiger partial charge in [0.2, 0.25) is 5.82 Å². The summed E-state index contributed by atoms with van der Waals surface area (Å²) in [5.74, 6) is -3.44. The Morgan fingerprint density at radius 3 is 2.86 bits per heavy atom. The first-order valence-corrected chi connectivity index (χ1v) is 3.94. The second-order valence-corrected chi connectivity index (χ2v) is 3.00. The minimum atomic E-state index is -1.18. The van der Waals surface area contributed by atoms with Crippen LogP contribution >= 0.6 is 0 Å². The van der Waals surface area contributed by atoms with Gasteiger partial charge in [-0.25, -0.2) is 4.39 Å². The largest absolute Gasteiger partial charge is 0.507 e. The van der Waals surface area contributed by atoms with E-state index in [4.69, 9.17) is 4.74 Å². The van der Waals surface area contributed by atoms with Crippen LogP contribution in [0.5, 0.6) is 11.5 Å². The van der Waals surface area contributed by atoms with Crippen molar-refractivity contribution in [3.63, 3.8) is 0 Å². The maximum absolute atomic E-state index is 13.1. The fourth-order valence-corrected chi connectivity index (χ4v) is 1.35. The van der Waals surface area contributed by atoms with Gasteiger partial charge in [0.25, 0.3) is 0 Å². The Morgan fingerprint density at radius 1 is 1.43 bits per heavy atom. The molecule has 74 valence electrons. The average Bonchev–Trinajstić information content (AvgIpc) is 2.14. The summed E-state index contributed by atoms with van der Waals surface area (Å²) in [7, 11) is 0. The van der Waals surface area contributed by atoms with Gasteiger partial charge >= 0.3 is 0 Å². The first-order valence-electron chi connectivity index (χ1n) is 3.94. The molecule has 0 unspecified atom stereocenters. The van der Waals surface area contributed by atoms with Gasteiger partial charge in [0, 0.05) is 18.1 Å². The number of benzene rings is 1. The van der Waals surface area contributed by atoms with Crippen molar-refractivity contribution >= 4 is 5.78 Å². The minimum Gasteiger partial charge on any atom is -0.507 e. The molecule has 2 rings (SSSR count). The van der Waals surface area contributed by atoms with Crippen LogP contribution in [0.25, 0.3) is 0 Å². The number of carbonyl (C=O) groups is 1. The zero-order valence-corrected chi connectivity index (χ0v) is 7.01. The third-order valence-corrected chi connectivity index (χ3v) is 2.01. The maximum atomic E-state index is 13.1. The summed E-state index contributed by atoms with van der Waals surface area (Å²) in [6.07, 6.45) is -0.127. The Kier molecular flexibility index (Phi) is 1.87. The van der Waals surface area contributed by atoms with Gasteiger partial charge in [-0.15, -0.1) is 0 Å². The van der Waals surface area contributed by atoms with Gasteiger partial charge in [0.05, 0.1) is 0 Å². The van der Waals surface area contributed by atoms with E-state index < -0.39 is 17.4 Å². The van der Waals surface area contributed by atoms with Crippen molar-refractivity contribution in [1.29, 1.82) is 0 Å². The molecule has 1 aromatic rings. The van der Waals surface area contributed by atoms with Crippen molar-refractivity contribution in [2.45, 2.75) is 6.42 Å². The van der Waals surface area contributed by atoms with Crippen molar-refractivity contribution in [3.8, 4) is 11.5 Å². The maximum Gasteiger partial charge on any atom is 0.201 e. The number of fused-ring (bicyclic) bond motifs is 1. The predicted molar refractivity (Wildman–Crippen MR) is 42.2 cm³/mol. The number of aromatic hydroxyl groups is 1. The lowest BCUT2D eigenvalue weighted by atomic mass is 10.0. The fourth-order valence-electron chi connectivity index (χ4n) is 1.35. The molecule has 0 fully saturated rings. The van der Waals surface area contributed by atoms with Gasteiger partial charge in [-0.1, -0.05) is 0 Å². The first kappa shape index (κ1) is 8.93. The summed E-state index contributed by atoms with van der Waals surface area (Å²) in [6.45, 7) is -0.285. The van der Waals surface area contributed by atoms with Crippen molar-refractivity contribution in [3.05, 3.63) is 23.3 Å². The molecule has 0 saturated heterocycles. The summed E-state index contributed by atoms with van der Waals surface area (Å²) in [4.78, 5) is 10.9. The van der Waals surface area contributed by atoms with E-state index in [0.717, 1.165) is 0 Å². The van der Waals surface area contributed by atoms with E-state index in [9.17, 15) is 18.7 Å². The summed E-state index contributed by atoms with van der Waals surface area (Å²) < 4.78 is 30.5. The predicted octanol–water partition coefficient (Wildman–Crippen LogP) is 1.17. The standard InChI is InChI=1S/C9H6F2O3/c10-6-2-7(13)5-1-4(12)3-14-9(5)8(6)11/h2,13H,1,3H2. The number of hydrogen-bond donors (Lipinski definition) is 1. The number of hydrogen-bond acceptors (Lipinski definition) is 3. The van der Waals surface area contributed by atoms with Gasteiger partial charge < -0.3 is 9.84 Å². The lowest BCUT2D eigenvalue weighted by Gasteiger charge is -2.17. The van der Waals surface area contributed by atoms with Crippen LogP contribution in [0.2, 0.25) is 0 Å². The highest BCUT2D eigenvalue weighted by atomic mass is 19.2. The molecule has 0 bridgehead atoms.